The molecule has 0 N–H and O–H groups in total. The minimum atomic E-state index is 0.562. The van der Waals surface area contributed by atoms with Crippen molar-refractivity contribution in [1.82, 2.24) is 0 Å². The Morgan fingerprint density at radius 1 is 0.952 bits per heavy atom. The van der Waals surface area contributed by atoms with E-state index in [1.54, 1.807) is 0 Å². The Balaban J connectivity index is 2.19. The molecule has 0 amide bonds. The van der Waals surface area contributed by atoms with Crippen molar-refractivity contribution in [1.29, 1.82) is 0 Å². The van der Waals surface area contributed by atoms with Crippen molar-refractivity contribution in [2.75, 3.05) is 6.61 Å². The molecule has 0 fully saturated rings. The predicted octanol–water partition coefficient (Wildman–Crippen LogP) is 5.18. The Morgan fingerprint density at radius 2 is 1.67 bits per heavy atom. The van der Waals surface area contributed by atoms with E-state index in [1.165, 1.54) is 22.3 Å². The van der Waals surface area contributed by atoms with Crippen LogP contribution < -0.4 is 9.47 Å². The van der Waals surface area contributed by atoms with E-state index < -0.39 is 0 Å². The van der Waals surface area contributed by atoms with Crippen molar-refractivity contribution in [3.63, 3.8) is 0 Å². The van der Waals surface area contributed by atoms with Crippen LogP contribution in [0.25, 0.3) is 0 Å². The fraction of sp³-hybridized carbons (Fsp3) is 0.333. The highest BCUT2D eigenvalue weighted by Gasteiger charge is 2.08. The van der Waals surface area contributed by atoms with Crippen LogP contribution in [-0.2, 0) is 11.9 Å². The highest BCUT2D eigenvalue weighted by atomic mass is 79.9. The van der Waals surface area contributed by atoms with Crippen molar-refractivity contribution in [2.24, 2.45) is 0 Å². The van der Waals surface area contributed by atoms with Gasteiger partial charge in [0.2, 0.25) is 0 Å². The van der Waals surface area contributed by atoms with E-state index in [0.29, 0.717) is 13.2 Å². The van der Waals surface area contributed by atoms with Gasteiger partial charge < -0.3 is 9.47 Å². The Kier molecular flexibility index (Phi) is 5.68. The van der Waals surface area contributed by atoms with Gasteiger partial charge >= 0.3 is 0 Å². The molecule has 112 valence electrons. The minimum absolute atomic E-state index is 0.562. The lowest BCUT2D eigenvalue weighted by molar-refractivity contribution is 0.268. The maximum atomic E-state index is 6.00. The standard InChI is InChI=1S/C18H21BrO2/c1-4-20-18-10-15(11-19)8-9-17(18)21-12-16-13(2)6-5-7-14(16)3/h5-10H,4,11-12H2,1-3H3. The lowest BCUT2D eigenvalue weighted by atomic mass is 10.0. The normalized spacial score (nSPS) is 10.5. The zero-order valence-corrected chi connectivity index (χ0v) is 14.4. The summed E-state index contributed by atoms with van der Waals surface area (Å²) in [6, 6.07) is 12.4. The number of ether oxygens (including phenoxy) is 2. The molecule has 3 heteroatoms. The number of aryl methyl sites for hydroxylation is 2. The van der Waals surface area contributed by atoms with Gasteiger partial charge in [0.05, 0.1) is 6.61 Å². The van der Waals surface area contributed by atoms with Crippen LogP contribution in [0.4, 0.5) is 0 Å². The quantitative estimate of drug-likeness (QED) is 0.670. The molecule has 0 saturated carbocycles. The number of benzene rings is 2. The highest BCUT2D eigenvalue weighted by molar-refractivity contribution is 9.08. The molecule has 2 rings (SSSR count). The molecule has 0 atom stereocenters. The van der Waals surface area contributed by atoms with Crippen molar-refractivity contribution >= 4 is 15.9 Å². The highest BCUT2D eigenvalue weighted by Crippen LogP contribution is 2.30. The molecule has 0 saturated heterocycles. The zero-order valence-electron chi connectivity index (χ0n) is 12.8. The number of alkyl halides is 1. The van der Waals surface area contributed by atoms with Gasteiger partial charge in [-0.15, -0.1) is 0 Å². The molecule has 0 heterocycles. The van der Waals surface area contributed by atoms with Crippen LogP contribution in [0.5, 0.6) is 11.5 Å². The van der Waals surface area contributed by atoms with Crippen molar-refractivity contribution in [2.45, 2.75) is 32.7 Å². The third kappa shape index (κ3) is 4.01. The first-order chi connectivity index (χ1) is 10.2. The third-order valence-corrected chi connectivity index (χ3v) is 4.13. The molecule has 0 aliphatic carbocycles. The van der Waals surface area contributed by atoms with Crippen LogP contribution in [0.15, 0.2) is 36.4 Å². The fourth-order valence-electron chi connectivity index (χ4n) is 2.25. The van der Waals surface area contributed by atoms with E-state index >= 15 is 0 Å². The van der Waals surface area contributed by atoms with Crippen LogP contribution in [0.3, 0.4) is 0 Å². The van der Waals surface area contributed by atoms with Crippen molar-refractivity contribution in [3.8, 4) is 11.5 Å². The van der Waals surface area contributed by atoms with Gasteiger partial charge in [0, 0.05) is 5.33 Å². The van der Waals surface area contributed by atoms with Crippen molar-refractivity contribution < 1.29 is 9.47 Å². The van der Waals surface area contributed by atoms with Gasteiger partial charge in [-0.2, -0.15) is 0 Å². The second-order valence-electron chi connectivity index (χ2n) is 5.01. The fourth-order valence-corrected chi connectivity index (χ4v) is 2.60. The van der Waals surface area contributed by atoms with Crippen LogP contribution in [0, 0.1) is 13.8 Å². The molecule has 0 radical (unpaired) electrons. The predicted molar refractivity (Wildman–Crippen MR) is 90.5 cm³/mol. The molecule has 2 nitrogen and oxygen atoms in total. The smallest absolute Gasteiger partial charge is 0.161 e. The Bertz CT molecular complexity index is 588. The summed E-state index contributed by atoms with van der Waals surface area (Å²) in [6.07, 6.45) is 0. The van der Waals surface area contributed by atoms with E-state index in [-0.39, 0.29) is 0 Å². The van der Waals surface area contributed by atoms with Gasteiger partial charge in [-0.1, -0.05) is 40.2 Å². The molecule has 2 aromatic carbocycles. The Labute approximate surface area is 135 Å². The molecule has 0 aliphatic heterocycles. The van der Waals surface area contributed by atoms with E-state index in [4.69, 9.17) is 9.47 Å². The molecule has 2 aromatic rings. The first-order valence-corrected chi connectivity index (χ1v) is 8.27. The summed E-state index contributed by atoms with van der Waals surface area (Å²) in [6.45, 7) is 7.40. The summed E-state index contributed by atoms with van der Waals surface area (Å²) >= 11 is 3.47. The van der Waals surface area contributed by atoms with Gasteiger partial charge in [-0.3, -0.25) is 0 Å². The van der Waals surface area contributed by atoms with Crippen LogP contribution in [-0.4, -0.2) is 6.61 Å². The monoisotopic (exact) mass is 348 g/mol. The number of rotatable bonds is 6. The van der Waals surface area contributed by atoms with Crippen LogP contribution in [0.1, 0.15) is 29.2 Å². The number of hydrogen-bond acceptors (Lipinski definition) is 2. The summed E-state index contributed by atoms with van der Waals surface area (Å²) in [5.74, 6) is 1.60. The van der Waals surface area contributed by atoms with Crippen LogP contribution in [0.2, 0.25) is 0 Å². The number of hydrogen-bond donors (Lipinski definition) is 0. The molecular weight excluding hydrogens is 328 g/mol. The van der Waals surface area contributed by atoms with E-state index in [0.717, 1.165) is 16.8 Å². The largest absolute Gasteiger partial charge is 0.490 e. The zero-order chi connectivity index (χ0) is 15.2. The lowest BCUT2D eigenvalue weighted by Gasteiger charge is -2.15. The summed E-state index contributed by atoms with van der Waals surface area (Å²) < 4.78 is 11.7. The molecular formula is C18H21BrO2. The Hall–Kier alpha value is -1.48. The second kappa shape index (κ2) is 7.51. The maximum Gasteiger partial charge on any atom is 0.161 e. The first-order valence-electron chi connectivity index (χ1n) is 7.15. The summed E-state index contributed by atoms with van der Waals surface area (Å²) in [5, 5.41) is 0.810. The van der Waals surface area contributed by atoms with E-state index in [1.807, 2.05) is 19.1 Å². The molecule has 0 aromatic heterocycles. The van der Waals surface area contributed by atoms with Crippen molar-refractivity contribution in [3.05, 3.63) is 58.7 Å². The van der Waals surface area contributed by atoms with Gasteiger partial charge in [0.15, 0.2) is 11.5 Å². The minimum Gasteiger partial charge on any atom is -0.490 e. The van der Waals surface area contributed by atoms with E-state index in [9.17, 15) is 0 Å². The van der Waals surface area contributed by atoms with Gasteiger partial charge in [0.25, 0.3) is 0 Å². The van der Waals surface area contributed by atoms with E-state index in [2.05, 4.69) is 54.0 Å². The summed E-state index contributed by atoms with van der Waals surface area (Å²) in [4.78, 5) is 0. The molecule has 21 heavy (non-hydrogen) atoms. The van der Waals surface area contributed by atoms with Crippen LogP contribution >= 0.6 is 15.9 Å². The maximum absolute atomic E-state index is 6.00. The summed E-state index contributed by atoms with van der Waals surface area (Å²) in [7, 11) is 0. The van der Waals surface area contributed by atoms with Gasteiger partial charge in [-0.25, -0.2) is 0 Å². The molecule has 0 spiro atoms. The van der Waals surface area contributed by atoms with Gasteiger partial charge in [-0.05, 0) is 55.2 Å². The average Bonchev–Trinajstić information content (AvgIpc) is 2.48. The second-order valence-corrected chi connectivity index (χ2v) is 5.57. The average molecular weight is 349 g/mol. The number of halogens is 1. The SMILES string of the molecule is CCOc1cc(CBr)ccc1OCc1c(C)cccc1C. The lowest BCUT2D eigenvalue weighted by Crippen LogP contribution is -2.03. The van der Waals surface area contributed by atoms with Gasteiger partial charge in [0.1, 0.15) is 6.61 Å². The Morgan fingerprint density at radius 3 is 2.29 bits per heavy atom. The molecule has 0 bridgehead atoms. The third-order valence-electron chi connectivity index (χ3n) is 3.48. The first kappa shape index (κ1) is 15.9. The molecule has 0 unspecified atom stereocenters. The molecule has 0 aliphatic rings. The topological polar surface area (TPSA) is 18.5 Å². The summed E-state index contributed by atoms with van der Waals surface area (Å²) in [5.41, 5.74) is 4.93.